The Morgan fingerprint density at radius 2 is 1.91 bits per heavy atom. The molecule has 0 radical (unpaired) electrons. The normalized spacial score (nSPS) is 11.8. The first-order chi connectivity index (χ1) is 10.4. The minimum absolute atomic E-state index is 0.0812. The van der Waals surface area contributed by atoms with Crippen LogP contribution in [0.2, 0.25) is 0 Å². The van der Waals surface area contributed by atoms with Gasteiger partial charge in [-0.1, -0.05) is 0 Å². The van der Waals surface area contributed by atoms with Crippen molar-refractivity contribution >= 4 is 16.6 Å². The van der Waals surface area contributed by atoms with E-state index in [1.807, 2.05) is 0 Å². The number of nitro benzene ring substituents is 1. The number of hydrogen-bond donors (Lipinski definition) is 0. The first-order valence-corrected chi connectivity index (χ1v) is 6.15. The lowest BCUT2D eigenvalue weighted by atomic mass is 10.2. The van der Waals surface area contributed by atoms with Crippen LogP contribution in [0, 0.1) is 10.1 Å². The quantitative estimate of drug-likeness (QED) is 0.532. The number of aromatic nitrogens is 2. The zero-order chi connectivity index (χ0) is 15.9. The fourth-order valence-corrected chi connectivity index (χ4v) is 2.17. The van der Waals surface area contributed by atoms with Gasteiger partial charge in [0, 0.05) is 29.9 Å². The summed E-state index contributed by atoms with van der Waals surface area (Å²) in [7, 11) is 0. The molecule has 5 nitrogen and oxygen atoms in total. The molecule has 8 heteroatoms. The van der Waals surface area contributed by atoms with Gasteiger partial charge in [0.15, 0.2) is 0 Å². The molecule has 3 rings (SSSR count). The van der Waals surface area contributed by atoms with Crippen LogP contribution >= 0.6 is 0 Å². The smallest absolute Gasteiger partial charge is 0.301 e. The summed E-state index contributed by atoms with van der Waals surface area (Å²) in [5.74, 6) is 0.0960. The predicted molar refractivity (Wildman–Crippen MR) is 72.7 cm³/mol. The van der Waals surface area contributed by atoms with E-state index in [-0.39, 0.29) is 11.5 Å². The summed E-state index contributed by atoms with van der Waals surface area (Å²) in [6.07, 6.45) is -1.86. The number of rotatable bonds is 2. The van der Waals surface area contributed by atoms with Crippen molar-refractivity contribution in [3.05, 3.63) is 64.5 Å². The highest BCUT2D eigenvalue weighted by Gasteiger charge is 2.30. The molecule has 0 fully saturated rings. The molecule has 3 aromatic rings. The van der Waals surface area contributed by atoms with Crippen molar-refractivity contribution in [3.8, 4) is 5.82 Å². The lowest BCUT2D eigenvalue weighted by molar-refractivity contribution is -0.384. The van der Waals surface area contributed by atoms with Gasteiger partial charge in [0.05, 0.1) is 16.0 Å². The average molecular weight is 307 g/mol. The molecule has 22 heavy (non-hydrogen) atoms. The SMILES string of the molecule is O=[N+]([O-])c1ccc2c(ccn2-c2cc(C(F)(F)F)ccn2)c1. The van der Waals surface area contributed by atoms with Gasteiger partial charge in [-0.25, -0.2) is 4.98 Å². The van der Waals surface area contributed by atoms with Gasteiger partial charge in [0.2, 0.25) is 0 Å². The van der Waals surface area contributed by atoms with E-state index in [4.69, 9.17) is 0 Å². The van der Waals surface area contributed by atoms with E-state index in [2.05, 4.69) is 4.98 Å². The molecule has 0 saturated carbocycles. The number of non-ortho nitro benzene ring substituents is 1. The summed E-state index contributed by atoms with van der Waals surface area (Å²) in [6.45, 7) is 0. The van der Waals surface area contributed by atoms with Gasteiger partial charge in [-0.2, -0.15) is 13.2 Å². The molecule has 0 spiro atoms. The number of benzene rings is 1. The van der Waals surface area contributed by atoms with Crippen molar-refractivity contribution in [1.82, 2.24) is 9.55 Å². The first-order valence-electron chi connectivity index (χ1n) is 6.15. The summed E-state index contributed by atoms with van der Waals surface area (Å²) in [5.41, 5.74) is -0.346. The van der Waals surface area contributed by atoms with Gasteiger partial charge in [-0.15, -0.1) is 0 Å². The van der Waals surface area contributed by atoms with Crippen LogP contribution in [-0.4, -0.2) is 14.5 Å². The van der Waals surface area contributed by atoms with E-state index in [0.29, 0.717) is 10.9 Å². The largest absolute Gasteiger partial charge is 0.416 e. The molecular weight excluding hydrogens is 299 g/mol. The van der Waals surface area contributed by atoms with Gasteiger partial charge in [-0.05, 0) is 24.3 Å². The minimum atomic E-state index is -4.46. The van der Waals surface area contributed by atoms with Crippen LogP contribution in [0.1, 0.15) is 5.56 Å². The predicted octanol–water partition coefficient (Wildman–Crippen LogP) is 3.95. The van der Waals surface area contributed by atoms with Crippen molar-refractivity contribution in [2.75, 3.05) is 0 Å². The Kier molecular flexibility index (Phi) is 3.09. The van der Waals surface area contributed by atoms with Crippen molar-refractivity contribution in [2.24, 2.45) is 0 Å². The third-order valence-corrected chi connectivity index (χ3v) is 3.20. The molecule has 0 atom stereocenters. The third kappa shape index (κ3) is 2.39. The lowest BCUT2D eigenvalue weighted by Gasteiger charge is -2.09. The topological polar surface area (TPSA) is 61.0 Å². The standard InChI is InChI=1S/C14H8F3N3O2/c15-14(16,17)10-3-5-18-13(8-10)19-6-4-9-7-11(20(21)22)1-2-12(9)19/h1-8H. The molecule has 0 aliphatic heterocycles. The third-order valence-electron chi connectivity index (χ3n) is 3.20. The summed E-state index contributed by atoms with van der Waals surface area (Å²) >= 11 is 0. The van der Waals surface area contributed by atoms with Crippen molar-refractivity contribution in [3.63, 3.8) is 0 Å². The monoisotopic (exact) mass is 307 g/mol. The maximum absolute atomic E-state index is 12.8. The van der Waals surface area contributed by atoms with E-state index >= 15 is 0 Å². The van der Waals surface area contributed by atoms with Crippen LogP contribution in [0.5, 0.6) is 0 Å². The molecule has 0 unspecified atom stereocenters. The Morgan fingerprint density at radius 1 is 1.14 bits per heavy atom. The van der Waals surface area contributed by atoms with Crippen LogP contribution in [0.15, 0.2) is 48.8 Å². The second-order valence-corrected chi connectivity index (χ2v) is 4.59. The van der Waals surface area contributed by atoms with E-state index < -0.39 is 16.7 Å². The van der Waals surface area contributed by atoms with Gasteiger partial charge in [0.1, 0.15) is 5.82 Å². The van der Waals surface area contributed by atoms with E-state index in [9.17, 15) is 23.3 Å². The molecule has 1 aromatic carbocycles. The van der Waals surface area contributed by atoms with Crippen molar-refractivity contribution in [1.29, 1.82) is 0 Å². The fourth-order valence-electron chi connectivity index (χ4n) is 2.17. The number of fused-ring (bicyclic) bond motifs is 1. The van der Waals surface area contributed by atoms with E-state index in [0.717, 1.165) is 18.3 Å². The fraction of sp³-hybridized carbons (Fsp3) is 0.0714. The molecule has 0 amide bonds. The molecule has 0 aliphatic carbocycles. The Balaban J connectivity index is 2.13. The van der Waals surface area contributed by atoms with Crippen molar-refractivity contribution < 1.29 is 18.1 Å². The van der Waals surface area contributed by atoms with Crippen LogP contribution in [0.4, 0.5) is 18.9 Å². The van der Waals surface area contributed by atoms with Crippen LogP contribution in [0.25, 0.3) is 16.7 Å². The Hall–Kier alpha value is -2.90. The van der Waals surface area contributed by atoms with Gasteiger partial charge in [-0.3, -0.25) is 10.1 Å². The highest BCUT2D eigenvalue weighted by molar-refractivity contribution is 5.83. The zero-order valence-corrected chi connectivity index (χ0v) is 10.9. The lowest BCUT2D eigenvalue weighted by Crippen LogP contribution is -2.07. The Labute approximate surface area is 121 Å². The van der Waals surface area contributed by atoms with Crippen LogP contribution < -0.4 is 0 Å². The molecule has 2 heterocycles. The summed E-state index contributed by atoms with van der Waals surface area (Å²) in [6, 6.07) is 7.55. The molecule has 0 saturated heterocycles. The maximum atomic E-state index is 12.8. The molecule has 112 valence electrons. The first kappa shape index (κ1) is 14.1. The molecule has 2 aromatic heterocycles. The van der Waals surface area contributed by atoms with E-state index in [1.165, 1.54) is 29.0 Å². The molecular formula is C14H8F3N3O2. The highest BCUT2D eigenvalue weighted by atomic mass is 19.4. The highest BCUT2D eigenvalue weighted by Crippen LogP contribution is 2.31. The molecule has 0 N–H and O–H groups in total. The number of hydrogen-bond acceptors (Lipinski definition) is 3. The van der Waals surface area contributed by atoms with Crippen molar-refractivity contribution in [2.45, 2.75) is 6.18 Å². The summed E-state index contributed by atoms with van der Waals surface area (Å²) in [4.78, 5) is 14.1. The maximum Gasteiger partial charge on any atom is 0.416 e. The molecule has 0 aliphatic rings. The minimum Gasteiger partial charge on any atom is -0.301 e. The Bertz CT molecular complexity index is 871. The number of nitro groups is 1. The average Bonchev–Trinajstić information content (AvgIpc) is 2.89. The van der Waals surface area contributed by atoms with E-state index in [1.54, 1.807) is 6.07 Å². The van der Waals surface area contributed by atoms with Crippen LogP contribution in [0.3, 0.4) is 0 Å². The second-order valence-electron chi connectivity index (χ2n) is 4.59. The number of pyridine rings is 1. The van der Waals surface area contributed by atoms with Gasteiger partial charge >= 0.3 is 6.18 Å². The van der Waals surface area contributed by atoms with Crippen LogP contribution in [-0.2, 0) is 6.18 Å². The number of alkyl halides is 3. The number of nitrogens with zero attached hydrogens (tertiary/aromatic N) is 3. The Morgan fingerprint density at radius 3 is 2.59 bits per heavy atom. The summed E-state index contributed by atoms with van der Waals surface area (Å²) in [5, 5.41) is 11.3. The number of halogens is 3. The summed E-state index contributed by atoms with van der Waals surface area (Å²) < 4.78 is 39.7. The molecule has 0 bridgehead atoms. The second kappa shape index (κ2) is 4.83. The van der Waals surface area contributed by atoms with Gasteiger partial charge < -0.3 is 4.57 Å². The van der Waals surface area contributed by atoms with Gasteiger partial charge in [0.25, 0.3) is 5.69 Å². The zero-order valence-electron chi connectivity index (χ0n) is 10.9.